The number of carbonyl (C=O) groups is 1. The maximum Gasteiger partial charge on any atom is 0.239 e. The molecule has 0 spiro atoms. The number of carbonyl (C=O) groups excluding carboxylic acids is 1. The Morgan fingerprint density at radius 3 is 2.62 bits per heavy atom. The Bertz CT molecular complexity index is 973. The minimum absolute atomic E-state index is 0.155. The maximum atomic E-state index is 13.5. The van der Waals surface area contributed by atoms with Crippen LogP contribution in [0.3, 0.4) is 0 Å². The monoisotopic (exact) mass is 344 g/mol. The highest BCUT2D eigenvalue weighted by Gasteiger charge is 2.57. The summed E-state index contributed by atoms with van der Waals surface area (Å²) in [7, 11) is 0. The third kappa shape index (κ3) is 2.22. The average molecular weight is 344 g/mol. The molecule has 2 heterocycles. The number of aromatic nitrogens is 1. The molecule has 130 valence electrons. The molecule has 2 aliphatic rings. The predicted octanol–water partition coefficient (Wildman–Crippen LogP) is 4.35. The van der Waals surface area contributed by atoms with Gasteiger partial charge in [0.1, 0.15) is 0 Å². The smallest absolute Gasteiger partial charge is 0.239 e. The van der Waals surface area contributed by atoms with Crippen LogP contribution >= 0.6 is 0 Å². The molecule has 1 fully saturated rings. The van der Waals surface area contributed by atoms with Crippen molar-refractivity contribution in [3.05, 3.63) is 71.9 Å². The van der Waals surface area contributed by atoms with Gasteiger partial charge in [-0.05, 0) is 37.8 Å². The fourth-order valence-corrected chi connectivity index (χ4v) is 4.05. The van der Waals surface area contributed by atoms with Gasteiger partial charge in [-0.1, -0.05) is 53.7 Å². The van der Waals surface area contributed by atoms with E-state index in [0.29, 0.717) is 0 Å². The summed E-state index contributed by atoms with van der Waals surface area (Å²) in [6, 6.07) is 20.2. The third-order valence-corrected chi connectivity index (χ3v) is 5.64. The van der Waals surface area contributed by atoms with Gasteiger partial charge in [-0.3, -0.25) is 4.79 Å². The van der Waals surface area contributed by atoms with Gasteiger partial charge in [-0.2, -0.15) is 0 Å². The summed E-state index contributed by atoms with van der Waals surface area (Å²) in [6.45, 7) is 2.12. The first-order valence-electron chi connectivity index (χ1n) is 9.13. The van der Waals surface area contributed by atoms with Gasteiger partial charge in [-0.15, -0.1) is 0 Å². The Kier molecular flexibility index (Phi) is 3.29. The van der Waals surface area contributed by atoms with Crippen LogP contribution in [0.4, 0.5) is 5.69 Å². The predicted molar refractivity (Wildman–Crippen MR) is 99.9 cm³/mol. The molecule has 1 saturated carbocycles. The third-order valence-electron chi connectivity index (χ3n) is 5.64. The second-order valence-electron chi connectivity index (χ2n) is 7.38. The standard InChI is InChI=1S/C22H20N2O2/c1-15-13-17-9-5-6-10-18(17)24(15)21(25)22(11-12-22)20-14-19(26-23-20)16-7-3-2-4-8-16/h2-10,14-15H,11-13H2,1H3. The zero-order chi connectivity index (χ0) is 17.7. The van der Waals surface area contributed by atoms with E-state index in [2.05, 4.69) is 18.1 Å². The molecule has 0 radical (unpaired) electrons. The Morgan fingerprint density at radius 2 is 1.85 bits per heavy atom. The summed E-state index contributed by atoms with van der Waals surface area (Å²) in [5, 5.41) is 4.28. The van der Waals surface area contributed by atoms with Gasteiger partial charge in [0.25, 0.3) is 0 Å². The SMILES string of the molecule is CC1Cc2ccccc2N1C(=O)C1(c2cc(-c3ccccc3)on2)CC1. The Hall–Kier alpha value is -2.88. The Balaban J connectivity index is 1.49. The molecule has 1 amide bonds. The average Bonchev–Trinajstić information content (AvgIpc) is 3.20. The first-order valence-corrected chi connectivity index (χ1v) is 9.13. The maximum absolute atomic E-state index is 13.5. The fraction of sp³-hybridized carbons (Fsp3) is 0.273. The number of hydrogen-bond donors (Lipinski definition) is 0. The van der Waals surface area contributed by atoms with Crippen LogP contribution < -0.4 is 4.90 Å². The van der Waals surface area contributed by atoms with Crippen LogP contribution in [0.2, 0.25) is 0 Å². The van der Waals surface area contributed by atoms with E-state index in [-0.39, 0.29) is 11.9 Å². The molecule has 4 nitrogen and oxygen atoms in total. The van der Waals surface area contributed by atoms with Crippen LogP contribution in [0.25, 0.3) is 11.3 Å². The minimum Gasteiger partial charge on any atom is -0.356 e. The summed E-state index contributed by atoms with van der Waals surface area (Å²) in [6.07, 6.45) is 2.57. The highest BCUT2D eigenvalue weighted by atomic mass is 16.5. The van der Waals surface area contributed by atoms with Crippen LogP contribution in [0, 0.1) is 0 Å². The van der Waals surface area contributed by atoms with Crippen molar-refractivity contribution in [2.24, 2.45) is 0 Å². The van der Waals surface area contributed by atoms with Crippen molar-refractivity contribution in [2.45, 2.75) is 37.6 Å². The quantitative estimate of drug-likeness (QED) is 0.709. The number of para-hydroxylation sites is 1. The molecule has 1 aliphatic heterocycles. The summed E-state index contributed by atoms with van der Waals surface area (Å²) in [5.74, 6) is 0.873. The van der Waals surface area contributed by atoms with Crippen molar-refractivity contribution in [3.63, 3.8) is 0 Å². The molecule has 26 heavy (non-hydrogen) atoms. The van der Waals surface area contributed by atoms with E-state index in [0.717, 1.165) is 42.0 Å². The number of amides is 1. The first kappa shape index (κ1) is 15.4. The molecule has 2 aromatic carbocycles. The topological polar surface area (TPSA) is 46.3 Å². The summed E-state index contributed by atoms with van der Waals surface area (Å²) in [5.41, 5.74) is 3.51. The van der Waals surface area contributed by atoms with Gasteiger partial charge in [0.05, 0.1) is 11.1 Å². The molecule has 0 N–H and O–H groups in total. The van der Waals surface area contributed by atoms with E-state index in [1.807, 2.05) is 59.5 Å². The van der Waals surface area contributed by atoms with E-state index >= 15 is 0 Å². The Morgan fingerprint density at radius 1 is 1.12 bits per heavy atom. The van der Waals surface area contributed by atoms with E-state index in [4.69, 9.17) is 4.52 Å². The lowest BCUT2D eigenvalue weighted by atomic mass is 9.98. The summed E-state index contributed by atoms with van der Waals surface area (Å²) < 4.78 is 5.57. The van der Waals surface area contributed by atoms with Gasteiger partial charge in [0.15, 0.2) is 5.76 Å². The van der Waals surface area contributed by atoms with Crippen molar-refractivity contribution in [3.8, 4) is 11.3 Å². The number of anilines is 1. The summed E-state index contributed by atoms with van der Waals surface area (Å²) >= 11 is 0. The van der Waals surface area contributed by atoms with E-state index < -0.39 is 5.41 Å². The van der Waals surface area contributed by atoms with Crippen LogP contribution in [0.15, 0.2) is 65.2 Å². The lowest BCUT2D eigenvalue weighted by Crippen LogP contribution is -2.42. The summed E-state index contributed by atoms with van der Waals surface area (Å²) in [4.78, 5) is 15.5. The second kappa shape index (κ2) is 5.56. The Labute approximate surface area is 152 Å². The number of hydrogen-bond acceptors (Lipinski definition) is 3. The van der Waals surface area contributed by atoms with Crippen LogP contribution in [0.5, 0.6) is 0 Å². The minimum atomic E-state index is -0.526. The second-order valence-corrected chi connectivity index (χ2v) is 7.38. The molecule has 0 saturated heterocycles. The van der Waals surface area contributed by atoms with Crippen LogP contribution in [-0.4, -0.2) is 17.1 Å². The van der Waals surface area contributed by atoms with Crippen molar-refractivity contribution in [1.29, 1.82) is 0 Å². The largest absolute Gasteiger partial charge is 0.356 e. The molecule has 1 aromatic heterocycles. The van der Waals surface area contributed by atoms with Crippen molar-refractivity contribution in [1.82, 2.24) is 5.16 Å². The lowest BCUT2D eigenvalue weighted by Gasteiger charge is -2.26. The highest BCUT2D eigenvalue weighted by molar-refractivity contribution is 6.04. The zero-order valence-corrected chi connectivity index (χ0v) is 14.7. The lowest BCUT2D eigenvalue weighted by molar-refractivity contribution is -0.121. The molecule has 3 aromatic rings. The fourth-order valence-electron chi connectivity index (χ4n) is 4.05. The van der Waals surface area contributed by atoms with Crippen LogP contribution in [0.1, 0.15) is 31.0 Å². The van der Waals surface area contributed by atoms with E-state index in [1.54, 1.807) is 0 Å². The number of nitrogens with zero attached hydrogens (tertiary/aromatic N) is 2. The molecule has 1 aliphatic carbocycles. The number of fused-ring (bicyclic) bond motifs is 1. The molecule has 0 bridgehead atoms. The van der Waals surface area contributed by atoms with Gasteiger partial charge in [0, 0.05) is 23.4 Å². The first-order chi connectivity index (χ1) is 12.7. The van der Waals surface area contributed by atoms with E-state index in [1.165, 1.54) is 5.56 Å². The number of rotatable bonds is 3. The van der Waals surface area contributed by atoms with Crippen molar-refractivity contribution >= 4 is 11.6 Å². The molecular formula is C22H20N2O2. The van der Waals surface area contributed by atoms with Crippen LogP contribution in [-0.2, 0) is 16.6 Å². The van der Waals surface area contributed by atoms with Gasteiger partial charge < -0.3 is 9.42 Å². The normalized spacial score (nSPS) is 20.0. The zero-order valence-electron chi connectivity index (χ0n) is 14.7. The molecule has 5 rings (SSSR count). The molecular weight excluding hydrogens is 324 g/mol. The van der Waals surface area contributed by atoms with E-state index in [9.17, 15) is 4.79 Å². The highest BCUT2D eigenvalue weighted by Crippen LogP contribution is 2.51. The molecule has 4 heteroatoms. The van der Waals surface area contributed by atoms with Crippen molar-refractivity contribution in [2.75, 3.05) is 4.90 Å². The van der Waals surface area contributed by atoms with Gasteiger partial charge in [-0.25, -0.2) is 0 Å². The molecule has 1 atom stereocenters. The van der Waals surface area contributed by atoms with Crippen molar-refractivity contribution < 1.29 is 9.32 Å². The van der Waals surface area contributed by atoms with Gasteiger partial charge in [0.2, 0.25) is 5.91 Å². The van der Waals surface area contributed by atoms with Gasteiger partial charge >= 0.3 is 0 Å². The number of benzene rings is 2. The molecule has 1 unspecified atom stereocenters.